The summed E-state index contributed by atoms with van der Waals surface area (Å²) < 4.78 is 1.79. The number of carbonyl (C=O) groups is 1. The predicted octanol–water partition coefficient (Wildman–Crippen LogP) is 4.04. The molecule has 2 aromatic heterocycles. The maximum atomic E-state index is 13.1. The van der Waals surface area contributed by atoms with E-state index in [-0.39, 0.29) is 5.91 Å². The topological polar surface area (TPSA) is 51.0 Å². The Hall–Kier alpha value is -2.95. The number of amides is 1. The van der Waals surface area contributed by atoms with Gasteiger partial charge >= 0.3 is 0 Å². The lowest BCUT2D eigenvalue weighted by Crippen LogP contribution is -2.36. The first-order chi connectivity index (χ1) is 12.5. The third-order valence-corrected chi connectivity index (χ3v) is 5.01. The number of rotatable bonds is 2. The predicted molar refractivity (Wildman–Crippen MR) is 102 cm³/mol. The molecule has 0 bridgehead atoms. The number of pyridine rings is 1. The fourth-order valence-corrected chi connectivity index (χ4v) is 3.61. The van der Waals surface area contributed by atoms with Gasteiger partial charge in [-0.3, -0.25) is 4.79 Å². The van der Waals surface area contributed by atoms with Gasteiger partial charge in [-0.25, -0.2) is 9.67 Å². The molecule has 0 fully saturated rings. The third kappa shape index (κ3) is 2.79. The van der Waals surface area contributed by atoms with E-state index >= 15 is 0 Å². The van der Waals surface area contributed by atoms with Crippen molar-refractivity contribution in [1.29, 1.82) is 0 Å². The van der Waals surface area contributed by atoms with Crippen molar-refractivity contribution in [2.45, 2.75) is 33.1 Å². The maximum absolute atomic E-state index is 13.1. The molecule has 5 heteroatoms. The van der Waals surface area contributed by atoms with E-state index in [4.69, 9.17) is 0 Å². The highest BCUT2D eigenvalue weighted by atomic mass is 16.2. The molecule has 0 aliphatic carbocycles. The van der Waals surface area contributed by atoms with E-state index in [1.54, 1.807) is 10.9 Å². The van der Waals surface area contributed by atoms with Crippen LogP contribution in [0, 0.1) is 13.8 Å². The lowest BCUT2D eigenvalue weighted by atomic mass is 9.91. The molecule has 3 heterocycles. The van der Waals surface area contributed by atoms with Crippen molar-refractivity contribution in [3.05, 3.63) is 71.2 Å². The first-order valence-electron chi connectivity index (χ1n) is 8.95. The molecule has 3 aromatic rings. The van der Waals surface area contributed by atoms with Crippen molar-refractivity contribution < 1.29 is 4.79 Å². The number of aryl methyl sites for hydroxylation is 2. The Morgan fingerprint density at radius 2 is 1.96 bits per heavy atom. The van der Waals surface area contributed by atoms with Crippen LogP contribution in [-0.2, 0) is 0 Å². The zero-order valence-corrected chi connectivity index (χ0v) is 15.3. The molecule has 4 rings (SSSR count). The molecule has 132 valence electrons. The third-order valence-electron chi connectivity index (χ3n) is 5.01. The Bertz CT molecular complexity index is 958. The maximum Gasteiger partial charge on any atom is 0.259 e. The van der Waals surface area contributed by atoms with Crippen molar-refractivity contribution in [2.24, 2.45) is 0 Å². The smallest absolute Gasteiger partial charge is 0.259 e. The fraction of sp³-hybridized carbons (Fsp3) is 0.286. The number of aromatic nitrogens is 3. The quantitative estimate of drug-likeness (QED) is 0.704. The standard InChI is InChI=1S/C21H22N4O/c1-14-10-11-24(19-7-5-4-6-18(14)19)21(26)17-8-9-20(22-13-17)25-16(3)12-15(2)23-25/h4-9,12-14H,10-11H2,1-3H3/t14-/m0/s1. The number of fused-ring (bicyclic) bond motifs is 1. The summed E-state index contributed by atoms with van der Waals surface area (Å²) in [4.78, 5) is 19.4. The molecular weight excluding hydrogens is 324 g/mol. The SMILES string of the molecule is Cc1cc(C)n(-c2ccc(C(=O)N3CC[C@H](C)c4ccccc43)cn2)n1. The Morgan fingerprint density at radius 3 is 2.65 bits per heavy atom. The molecule has 0 radical (unpaired) electrons. The average Bonchev–Trinajstić information content (AvgIpc) is 3.00. The van der Waals surface area contributed by atoms with E-state index in [0.29, 0.717) is 11.5 Å². The second kappa shape index (κ2) is 6.41. The minimum absolute atomic E-state index is 0.00299. The second-order valence-electron chi connectivity index (χ2n) is 6.95. The number of nitrogens with zero attached hydrogens (tertiary/aromatic N) is 4. The highest BCUT2D eigenvalue weighted by molar-refractivity contribution is 6.06. The van der Waals surface area contributed by atoms with E-state index < -0.39 is 0 Å². The van der Waals surface area contributed by atoms with Gasteiger partial charge in [0.15, 0.2) is 5.82 Å². The molecule has 1 aliphatic rings. The molecule has 1 aromatic carbocycles. The summed E-state index contributed by atoms with van der Waals surface area (Å²) in [6, 6.07) is 13.9. The summed E-state index contributed by atoms with van der Waals surface area (Å²) in [6.07, 6.45) is 2.62. The van der Waals surface area contributed by atoms with E-state index in [2.05, 4.69) is 23.1 Å². The van der Waals surface area contributed by atoms with Gasteiger partial charge in [-0.05, 0) is 56.0 Å². The largest absolute Gasteiger partial charge is 0.308 e. The van der Waals surface area contributed by atoms with Crippen molar-refractivity contribution in [3.8, 4) is 5.82 Å². The number of hydrogen-bond donors (Lipinski definition) is 0. The summed E-state index contributed by atoms with van der Waals surface area (Å²) in [5.41, 5.74) is 4.81. The highest BCUT2D eigenvalue weighted by Crippen LogP contribution is 2.35. The normalized spacial score (nSPS) is 16.4. The molecule has 0 saturated carbocycles. The number of para-hydroxylation sites is 1. The first kappa shape index (κ1) is 16.5. The minimum Gasteiger partial charge on any atom is -0.308 e. The Labute approximate surface area is 153 Å². The van der Waals surface area contributed by atoms with Crippen molar-refractivity contribution in [1.82, 2.24) is 14.8 Å². The van der Waals surface area contributed by atoms with Crippen LogP contribution in [0.1, 0.15) is 46.6 Å². The number of carbonyl (C=O) groups excluding carboxylic acids is 1. The van der Waals surface area contributed by atoms with Crippen LogP contribution in [0.5, 0.6) is 0 Å². The van der Waals surface area contributed by atoms with Crippen LogP contribution in [0.25, 0.3) is 5.82 Å². The lowest BCUT2D eigenvalue weighted by Gasteiger charge is -2.33. The van der Waals surface area contributed by atoms with Crippen LogP contribution in [0.3, 0.4) is 0 Å². The van der Waals surface area contributed by atoms with Crippen LogP contribution in [0.15, 0.2) is 48.7 Å². The monoisotopic (exact) mass is 346 g/mol. The van der Waals surface area contributed by atoms with Crippen molar-refractivity contribution in [2.75, 3.05) is 11.4 Å². The summed E-state index contributed by atoms with van der Waals surface area (Å²) in [6.45, 7) is 6.89. The zero-order chi connectivity index (χ0) is 18.3. The van der Waals surface area contributed by atoms with Crippen molar-refractivity contribution >= 4 is 11.6 Å². The van der Waals surface area contributed by atoms with Crippen LogP contribution >= 0.6 is 0 Å². The van der Waals surface area contributed by atoms with Crippen LogP contribution in [0.4, 0.5) is 5.69 Å². The van der Waals surface area contributed by atoms with Gasteiger partial charge in [0, 0.05) is 24.1 Å². The molecule has 0 unspecified atom stereocenters. The number of benzene rings is 1. The van der Waals surface area contributed by atoms with E-state index in [0.717, 1.165) is 35.9 Å². The van der Waals surface area contributed by atoms with Gasteiger partial charge in [-0.2, -0.15) is 5.10 Å². The van der Waals surface area contributed by atoms with Crippen LogP contribution in [-0.4, -0.2) is 27.2 Å². The number of anilines is 1. The molecule has 1 atom stereocenters. The van der Waals surface area contributed by atoms with Gasteiger partial charge in [-0.1, -0.05) is 25.1 Å². The molecule has 0 N–H and O–H groups in total. The van der Waals surface area contributed by atoms with Crippen LogP contribution in [0.2, 0.25) is 0 Å². The molecule has 0 spiro atoms. The van der Waals surface area contributed by atoms with Gasteiger partial charge in [0.05, 0.1) is 11.3 Å². The second-order valence-corrected chi connectivity index (χ2v) is 6.95. The summed E-state index contributed by atoms with van der Waals surface area (Å²) >= 11 is 0. The van der Waals surface area contributed by atoms with Crippen molar-refractivity contribution in [3.63, 3.8) is 0 Å². The molecule has 1 aliphatic heterocycles. The molecule has 5 nitrogen and oxygen atoms in total. The van der Waals surface area contributed by atoms with E-state index in [1.807, 2.05) is 55.1 Å². The molecular formula is C21H22N4O. The molecule has 0 saturated heterocycles. The Balaban J connectivity index is 1.63. The highest BCUT2D eigenvalue weighted by Gasteiger charge is 2.27. The fourth-order valence-electron chi connectivity index (χ4n) is 3.61. The number of hydrogen-bond acceptors (Lipinski definition) is 3. The first-order valence-corrected chi connectivity index (χ1v) is 8.95. The van der Waals surface area contributed by atoms with Gasteiger partial charge in [0.1, 0.15) is 0 Å². The summed E-state index contributed by atoms with van der Waals surface area (Å²) in [5.74, 6) is 1.19. The van der Waals surface area contributed by atoms with E-state index in [9.17, 15) is 4.79 Å². The van der Waals surface area contributed by atoms with E-state index in [1.165, 1.54) is 5.56 Å². The van der Waals surface area contributed by atoms with Gasteiger partial charge in [-0.15, -0.1) is 0 Å². The Kier molecular flexibility index (Phi) is 4.07. The van der Waals surface area contributed by atoms with Crippen LogP contribution < -0.4 is 4.90 Å². The van der Waals surface area contributed by atoms with Gasteiger partial charge < -0.3 is 4.90 Å². The zero-order valence-electron chi connectivity index (χ0n) is 15.3. The Morgan fingerprint density at radius 1 is 1.15 bits per heavy atom. The average molecular weight is 346 g/mol. The summed E-state index contributed by atoms with van der Waals surface area (Å²) in [5, 5.41) is 4.44. The summed E-state index contributed by atoms with van der Waals surface area (Å²) in [7, 11) is 0. The van der Waals surface area contributed by atoms with Gasteiger partial charge in [0.25, 0.3) is 5.91 Å². The lowest BCUT2D eigenvalue weighted by molar-refractivity contribution is 0.0984. The minimum atomic E-state index is -0.00299. The van der Waals surface area contributed by atoms with Gasteiger partial charge in [0.2, 0.25) is 0 Å². The molecule has 26 heavy (non-hydrogen) atoms. The molecule has 1 amide bonds.